The number of aryl methyl sites for hydroxylation is 2. The Kier molecular flexibility index (Phi) is 2.97. The van der Waals surface area contributed by atoms with Crippen LogP contribution in [0.1, 0.15) is 31.3 Å². The Bertz CT molecular complexity index is 560. The number of aromatic nitrogens is 3. The summed E-state index contributed by atoms with van der Waals surface area (Å²) < 4.78 is 2.75. The molecule has 0 saturated heterocycles. The molecule has 2 rings (SSSR count). The zero-order valence-electron chi connectivity index (χ0n) is 9.67. The Balaban J connectivity index is 2.87. The minimum absolute atomic E-state index is 0.315. The number of rotatable bonds is 1. The number of hydrogen-bond donors (Lipinski definition) is 0. The monoisotopic (exact) mass is 301 g/mol. The molecule has 5 heteroatoms. The van der Waals surface area contributed by atoms with Crippen LogP contribution in [0.15, 0.2) is 4.47 Å². The van der Waals surface area contributed by atoms with Crippen LogP contribution in [0.3, 0.4) is 0 Å². The van der Waals surface area contributed by atoms with E-state index in [0.29, 0.717) is 11.1 Å². The van der Waals surface area contributed by atoms with Crippen molar-refractivity contribution in [1.82, 2.24) is 14.5 Å². The number of nitrogens with zero attached hydrogens (tertiary/aromatic N) is 3. The van der Waals surface area contributed by atoms with Gasteiger partial charge in [0.1, 0.15) is 16.6 Å². The summed E-state index contributed by atoms with van der Waals surface area (Å²) in [7, 11) is 1.91. The molecule has 0 atom stereocenters. The highest BCUT2D eigenvalue weighted by atomic mass is 79.9. The van der Waals surface area contributed by atoms with Gasteiger partial charge >= 0.3 is 0 Å². The first-order chi connectivity index (χ1) is 7.43. The normalized spacial score (nSPS) is 11.7. The van der Waals surface area contributed by atoms with Crippen molar-refractivity contribution < 1.29 is 0 Å². The predicted octanol–water partition coefficient (Wildman–Crippen LogP) is 3.82. The molecular formula is C11H13BrClN3. The van der Waals surface area contributed by atoms with E-state index in [1.807, 2.05) is 18.5 Å². The van der Waals surface area contributed by atoms with Crippen molar-refractivity contribution in [3.63, 3.8) is 0 Å². The van der Waals surface area contributed by atoms with Gasteiger partial charge in [0, 0.05) is 13.0 Å². The van der Waals surface area contributed by atoms with Gasteiger partial charge in [0.2, 0.25) is 0 Å². The molecule has 2 heterocycles. The van der Waals surface area contributed by atoms with Crippen molar-refractivity contribution in [2.45, 2.75) is 26.7 Å². The fourth-order valence-electron chi connectivity index (χ4n) is 1.68. The topological polar surface area (TPSA) is 30.7 Å². The third-order valence-electron chi connectivity index (χ3n) is 2.62. The summed E-state index contributed by atoms with van der Waals surface area (Å²) in [5, 5.41) is 1.66. The van der Waals surface area contributed by atoms with E-state index < -0.39 is 0 Å². The van der Waals surface area contributed by atoms with E-state index in [1.54, 1.807) is 0 Å². The fourth-order valence-corrected chi connectivity index (χ4v) is 2.58. The second-order valence-corrected chi connectivity index (χ2v) is 5.34. The summed E-state index contributed by atoms with van der Waals surface area (Å²) in [6, 6.07) is 0. The van der Waals surface area contributed by atoms with Crippen LogP contribution in [-0.2, 0) is 7.05 Å². The zero-order valence-corrected chi connectivity index (χ0v) is 12.0. The quantitative estimate of drug-likeness (QED) is 0.802. The molecule has 0 radical (unpaired) electrons. The summed E-state index contributed by atoms with van der Waals surface area (Å²) in [4.78, 5) is 9.06. The van der Waals surface area contributed by atoms with Crippen molar-refractivity contribution in [2.24, 2.45) is 7.05 Å². The predicted molar refractivity (Wildman–Crippen MR) is 70.0 cm³/mol. The van der Waals surface area contributed by atoms with E-state index in [2.05, 4.69) is 39.7 Å². The van der Waals surface area contributed by atoms with E-state index in [1.165, 1.54) is 0 Å². The molecule has 0 unspecified atom stereocenters. The van der Waals surface area contributed by atoms with Crippen LogP contribution in [0.2, 0.25) is 5.15 Å². The van der Waals surface area contributed by atoms with E-state index in [0.717, 1.165) is 27.0 Å². The van der Waals surface area contributed by atoms with Crippen molar-refractivity contribution in [2.75, 3.05) is 0 Å². The summed E-state index contributed by atoms with van der Waals surface area (Å²) in [5.41, 5.74) is 1.84. The van der Waals surface area contributed by atoms with E-state index >= 15 is 0 Å². The standard InChI is InChI=1S/C11H13BrClN3/c1-5(2)10-14-6(3)7-8(12)9(13)16(4)11(7)15-10/h5H,1-4H3. The SMILES string of the molecule is Cc1nc(C(C)C)nc2c1c(Br)c(Cl)n2C. The van der Waals surface area contributed by atoms with Crippen LogP contribution < -0.4 is 0 Å². The zero-order chi connectivity index (χ0) is 12.0. The van der Waals surface area contributed by atoms with Gasteiger partial charge in [0.05, 0.1) is 15.6 Å². The molecule has 0 aliphatic carbocycles. The van der Waals surface area contributed by atoms with Gasteiger partial charge < -0.3 is 4.57 Å². The first-order valence-electron chi connectivity index (χ1n) is 5.11. The molecule has 0 spiro atoms. The lowest BCUT2D eigenvalue weighted by Gasteiger charge is -2.06. The number of fused-ring (bicyclic) bond motifs is 1. The number of halogens is 2. The lowest BCUT2D eigenvalue weighted by Crippen LogP contribution is -2.01. The van der Waals surface area contributed by atoms with Crippen molar-refractivity contribution in [1.29, 1.82) is 0 Å². The third kappa shape index (κ3) is 1.64. The number of hydrogen-bond acceptors (Lipinski definition) is 2. The molecule has 0 aliphatic rings. The second kappa shape index (κ2) is 4.00. The van der Waals surface area contributed by atoms with Crippen molar-refractivity contribution in [3.05, 3.63) is 21.1 Å². The van der Waals surface area contributed by atoms with E-state index in [-0.39, 0.29) is 0 Å². The largest absolute Gasteiger partial charge is 0.318 e. The van der Waals surface area contributed by atoms with Gasteiger partial charge in [0.25, 0.3) is 0 Å². The minimum atomic E-state index is 0.315. The summed E-state index contributed by atoms with van der Waals surface area (Å²) in [6.07, 6.45) is 0. The molecule has 0 N–H and O–H groups in total. The molecule has 2 aromatic rings. The smallest absolute Gasteiger partial charge is 0.146 e. The highest BCUT2D eigenvalue weighted by Gasteiger charge is 2.17. The van der Waals surface area contributed by atoms with E-state index in [4.69, 9.17) is 11.6 Å². The molecule has 2 aromatic heterocycles. The Morgan fingerprint density at radius 3 is 2.50 bits per heavy atom. The molecule has 0 aliphatic heterocycles. The van der Waals surface area contributed by atoms with Crippen LogP contribution >= 0.6 is 27.5 Å². The van der Waals surface area contributed by atoms with Gasteiger partial charge in [-0.3, -0.25) is 0 Å². The first kappa shape index (κ1) is 11.9. The van der Waals surface area contributed by atoms with Crippen LogP contribution in [-0.4, -0.2) is 14.5 Å². The average Bonchev–Trinajstić information content (AvgIpc) is 2.44. The fraction of sp³-hybridized carbons (Fsp3) is 0.455. The summed E-state index contributed by atoms with van der Waals surface area (Å²) in [6.45, 7) is 6.15. The molecule has 16 heavy (non-hydrogen) atoms. The lowest BCUT2D eigenvalue weighted by molar-refractivity contribution is 0.769. The lowest BCUT2D eigenvalue weighted by atomic mass is 10.2. The maximum absolute atomic E-state index is 6.17. The van der Waals surface area contributed by atoms with Gasteiger partial charge in [-0.25, -0.2) is 9.97 Å². The maximum Gasteiger partial charge on any atom is 0.146 e. The molecule has 0 bridgehead atoms. The molecule has 0 fully saturated rings. The summed E-state index contributed by atoms with van der Waals surface area (Å²) >= 11 is 9.65. The maximum atomic E-state index is 6.17. The Hall–Kier alpha value is -0.610. The van der Waals surface area contributed by atoms with Crippen LogP contribution in [0, 0.1) is 6.92 Å². The van der Waals surface area contributed by atoms with Gasteiger partial charge in [0.15, 0.2) is 0 Å². The Labute approximate surface area is 108 Å². The highest BCUT2D eigenvalue weighted by Crippen LogP contribution is 2.34. The van der Waals surface area contributed by atoms with Crippen LogP contribution in [0.25, 0.3) is 11.0 Å². The molecule has 0 amide bonds. The van der Waals surface area contributed by atoms with Gasteiger partial charge in [-0.15, -0.1) is 0 Å². The second-order valence-electron chi connectivity index (χ2n) is 4.18. The Morgan fingerprint density at radius 2 is 1.94 bits per heavy atom. The molecule has 3 nitrogen and oxygen atoms in total. The van der Waals surface area contributed by atoms with Crippen molar-refractivity contribution >= 4 is 38.6 Å². The Morgan fingerprint density at radius 1 is 1.31 bits per heavy atom. The first-order valence-corrected chi connectivity index (χ1v) is 6.28. The molecule has 86 valence electrons. The van der Waals surface area contributed by atoms with Gasteiger partial charge in [-0.05, 0) is 22.9 Å². The molecule has 0 aromatic carbocycles. The van der Waals surface area contributed by atoms with Crippen molar-refractivity contribution in [3.8, 4) is 0 Å². The van der Waals surface area contributed by atoms with Crippen LogP contribution in [0.4, 0.5) is 0 Å². The van der Waals surface area contributed by atoms with Gasteiger partial charge in [-0.1, -0.05) is 25.4 Å². The van der Waals surface area contributed by atoms with Crippen LogP contribution in [0.5, 0.6) is 0 Å². The highest BCUT2D eigenvalue weighted by molar-refractivity contribution is 9.10. The van der Waals surface area contributed by atoms with Gasteiger partial charge in [-0.2, -0.15) is 0 Å². The molecule has 0 saturated carbocycles. The van der Waals surface area contributed by atoms with E-state index in [9.17, 15) is 0 Å². The minimum Gasteiger partial charge on any atom is -0.318 e. The molecular weight excluding hydrogens is 289 g/mol. The summed E-state index contributed by atoms with van der Waals surface area (Å²) in [5.74, 6) is 1.17. The third-order valence-corrected chi connectivity index (χ3v) is 4.06. The average molecular weight is 303 g/mol.